The number of nitrogens with zero attached hydrogens (tertiary/aromatic N) is 1. The summed E-state index contributed by atoms with van der Waals surface area (Å²) in [7, 11) is -3.39. The Balaban J connectivity index is 1.44. The van der Waals surface area contributed by atoms with Gasteiger partial charge in [0.15, 0.2) is 0 Å². The molecule has 4 rings (SSSR count). The summed E-state index contributed by atoms with van der Waals surface area (Å²) in [4.78, 5) is 2.11. The number of alkyl halides is 3. The predicted molar refractivity (Wildman–Crippen MR) is 112 cm³/mol. The van der Waals surface area contributed by atoms with Crippen LogP contribution in [0, 0.1) is 0 Å². The SMILES string of the molecule is O=S(=O)(Nc1ccc2c(c1)CCN2Cc1ccc(C(F)(F)F)cc1)C1CCCCC1. The van der Waals surface area contributed by atoms with Gasteiger partial charge < -0.3 is 4.90 Å². The van der Waals surface area contributed by atoms with Gasteiger partial charge in [-0.25, -0.2) is 8.42 Å². The second kappa shape index (κ2) is 8.13. The van der Waals surface area contributed by atoms with Crippen LogP contribution in [0.3, 0.4) is 0 Å². The largest absolute Gasteiger partial charge is 0.416 e. The van der Waals surface area contributed by atoms with E-state index in [0.29, 0.717) is 25.1 Å². The van der Waals surface area contributed by atoms with E-state index in [2.05, 4.69) is 9.62 Å². The Morgan fingerprint density at radius 2 is 1.70 bits per heavy atom. The summed E-state index contributed by atoms with van der Waals surface area (Å²) in [5.41, 5.74) is 2.78. The van der Waals surface area contributed by atoms with E-state index in [0.717, 1.165) is 61.2 Å². The normalized spacial score (nSPS) is 17.8. The van der Waals surface area contributed by atoms with Crippen molar-refractivity contribution in [1.82, 2.24) is 0 Å². The van der Waals surface area contributed by atoms with Crippen molar-refractivity contribution < 1.29 is 21.6 Å². The molecule has 0 saturated heterocycles. The maximum absolute atomic E-state index is 12.7. The number of hydrogen-bond donors (Lipinski definition) is 1. The third-order valence-corrected chi connectivity index (χ3v) is 7.85. The van der Waals surface area contributed by atoms with Crippen LogP contribution < -0.4 is 9.62 Å². The number of anilines is 2. The molecule has 4 nitrogen and oxygen atoms in total. The van der Waals surface area contributed by atoms with E-state index in [-0.39, 0.29) is 5.25 Å². The minimum absolute atomic E-state index is 0.323. The smallest absolute Gasteiger partial charge is 0.367 e. The van der Waals surface area contributed by atoms with E-state index < -0.39 is 21.8 Å². The van der Waals surface area contributed by atoms with Crippen LogP contribution in [0.25, 0.3) is 0 Å². The zero-order valence-electron chi connectivity index (χ0n) is 16.6. The van der Waals surface area contributed by atoms with E-state index in [4.69, 9.17) is 0 Å². The van der Waals surface area contributed by atoms with Gasteiger partial charge in [-0.3, -0.25) is 4.72 Å². The maximum Gasteiger partial charge on any atom is 0.416 e. The summed E-state index contributed by atoms with van der Waals surface area (Å²) in [5, 5.41) is -0.323. The molecule has 1 saturated carbocycles. The Hall–Kier alpha value is -2.22. The summed E-state index contributed by atoms with van der Waals surface area (Å²) in [6, 6.07) is 10.8. The molecule has 0 spiro atoms. The van der Waals surface area contributed by atoms with E-state index in [1.807, 2.05) is 12.1 Å². The summed E-state index contributed by atoms with van der Waals surface area (Å²) < 4.78 is 66.3. The molecule has 0 radical (unpaired) electrons. The van der Waals surface area contributed by atoms with Gasteiger partial charge in [0.05, 0.1) is 10.8 Å². The van der Waals surface area contributed by atoms with Crippen LogP contribution in [0.15, 0.2) is 42.5 Å². The highest BCUT2D eigenvalue weighted by atomic mass is 32.2. The molecule has 0 atom stereocenters. The lowest BCUT2D eigenvalue weighted by Crippen LogP contribution is -2.29. The summed E-state index contributed by atoms with van der Waals surface area (Å²) >= 11 is 0. The first kappa shape index (κ1) is 21.0. The Bertz CT molecular complexity index is 998. The molecule has 2 aromatic rings. The molecule has 1 N–H and O–H groups in total. The fourth-order valence-corrected chi connectivity index (χ4v) is 5.92. The van der Waals surface area contributed by atoms with Crippen molar-refractivity contribution in [2.45, 2.75) is 56.5 Å². The molecule has 2 aliphatic rings. The third kappa shape index (κ3) is 4.58. The molecule has 162 valence electrons. The van der Waals surface area contributed by atoms with Gasteiger partial charge in [0.25, 0.3) is 0 Å². The van der Waals surface area contributed by atoms with Crippen LogP contribution in [0.2, 0.25) is 0 Å². The third-order valence-electron chi connectivity index (χ3n) is 5.98. The fourth-order valence-electron chi connectivity index (χ4n) is 4.34. The van der Waals surface area contributed by atoms with Crippen molar-refractivity contribution in [2.75, 3.05) is 16.2 Å². The molecule has 0 aromatic heterocycles. The van der Waals surface area contributed by atoms with E-state index in [1.54, 1.807) is 6.07 Å². The van der Waals surface area contributed by atoms with Gasteiger partial charge in [-0.05, 0) is 60.7 Å². The number of nitrogens with one attached hydrogen (secondary N) is 1. The van der Waals surface area contributed by atoms with E-state index >= 15 is 0 Å². The highest BCUT2D eigenvalue weighted by molar-refractivity contribution is 7.93. The minimum atomic E-state index is -4.33. The summed E-state index contributed by atoms with van der Waals surface area (Å²) in [6.45, 7) is 1.26. The first-order chi connectivity index (χ1) is 14.2. The van der Waals surface area contributed by atoms with E-state index in [9.17, 15) is 21.6 Å². The Kier molecular flexibility index (Phi) is 5.70. The zero-order valence-corrected chi connectivity index (χ0v) is 17.4. The minimum Gasteiger partial charge on any atom is -0.367 e. The Morgan fingerprint density at radius 3 is 2.37 bits per heavy atom. The first-order valence-electron chi connectivity index (χ1n) is 10.3. The second-order valence-electron chi connectivity index (χ2n) is 8.12. The van der Waals surface area contributed by atoms with Crippen molar-refractivity contribution in [1.29, 1.82) is 0 Å². The lowest BCUT2D eigenvalue weighted by atomic mass is 10.0. The average molecular weight is 439 g/mol. The molecule has 1 aliphatic carbocycles. The predicted octanol–water partition coefficient (Wildman–Crippen LogP) is 5.34. The molecular formula is C22H25F3N2O2S. The van der Waals surface area contributed by atoms with Gasteiger partial charge in [-0.1, -0.05) is 31.4 Å². The molecule has 8 heteroatoms. The van der Waals surface area contributed by atoms with Crippen molar-refractivity contribution >= 4 is 21.4 Å². The van der Waals surface area contributed by atoms with Crippen molar-refractivity contribution in [2.24, 2.45) is 0 Å². The summed E-state index contributed by atoms with van der Waals surface area (Å²) in [5.74, 6) is 0. The van der Waals surface area contributed by atoms with Crippen molar-refractivity contribution in [3.8, 4) is 0 Å². The Labute approximate surface area is 175 Å². The second-order valence-corrected chi connectivity index (χ2v) is 10.1. The van der Waals surface area contributed by atoms with Gasteiger partial charge in [-0.2, -0.15) is 13.2 Å². The molecule has 0 amide bonds. The van der Waals surface area contributed by atoms with Crippen LogP contribution in [0.4, 0.5) is 24.5 Å². The number of fused-ring (bicyclic) bond motifs is 1. The van der Waals surface area contributed by atoms with Gasteiger partial charge in [0.1, 0.15) is 0 Å². The van der Waals surface area contributed by atoms with Crippen LogP contribution in [-0.4, -0.2) is 20.2 Å². The number of halogens is 3. The molecular weight excluding hydrogens is 413 g/mol. The fraction of sp³-hybridized carbons (Fsp3) is 0.455. The maximum atomic E-state index is 12.7. The number of hydrogen-bond acceptors (Lipinski definition) is 3. The van der Waals surface area contributed by atoms with Gasteiger partial charge in [0, 0.05) is 24.5 Å². The standard InChI is InChI=1S/C22H25F3N2O2S/c23-22(24,25)18-8-6-16(7-9-18)15-27-13-12-17-14-19(10-11-21(17)27)26-30(28,29)20-4-2-1-3-5-20/h6-11,14,20,26H,1-5,12-13,15H2. The molecule has 2 aromatic carbocycles. The highest BCUT2D eigenvalue weighted by Crippen LogP contribution is 2.34. The van der Waals surface area contributed by atoms with E-state index in [1.165, 1.54) is 12.1 Å². The number of rotatable bonds is 5. The van der Waals surface area contributed by atoms with Gasteiger partial charge >= 0.3 is 6.18 Å². The van der Waals surface area contributed by atoms with Crippen LogP contribution in [0.1, 0.15) is 48.8 Å². The topological polar surface area (TPSA) is 49.4 Å². The summed E-state index contributed by atoms with van der Waals surface area (Å²) in [6.07, 6.45) is 0.862. The van der Waals surface area contributed by atoms with Crippen LogP contribution in [0.5, 0.6) is 0 Å². The first-order valence-corrected chi connectivity index (χ1v) is 11.8. The van der Waals surface area contributed by atoms with Crippen molar-refractivity contribution in [3.05, 3.63) is 59.2 Å². The molecule has 0 unspecified atom stereocenters. The lowest BCUT2D eigenvalue weighted by molar-refractivity contribution is -0.137. The van der Waals surface area contributed by atoms with Gasteiger partial charge in [-0.15, -0.1) is 0 Å². The quantitative estimate of drug-likeness (QED) is 0.685. The van der Waals surface area contributed by atoms with Crippen LogP contribution in [-0.2, 0) is 29.2 Å². The lowest BCUT2D eigenvalue weighted by Gasteiger charge is -2.23. The number of sulfonamides is 1. The average Bonchev–Trinajstić information content (AvgIpc) is 3.10. The molecule has 1 fully saturated rings. The van der Waals surface area contributed by atoms with Gasteiger partial charge in [0.2, 0.25) is 10.0 Å². The molecule has 1 aliphatic heterocycles. The monoisotopic (exact) mass is 438 g/mol. The van der Waals surface area contributed by atoms with Crippen LogP contribution >= 0.6 is 0 Å². The highest BCUT2D eigenvalue weighted by Gasteiger charge is 2.30. The zero-order chi connectivity index (χ0) is 21.4. The van der Waals surface area contributed by atoms with Crippen molar-refractivity contribution in [3.63, 3.8) is 0 Å². The number of benzene rings is 2. The molecule has 0 bridgehead atoms. The molecule has 1 heterocycles. The Morgan fingerprint density at radius 1 is 1.00 bits per heavy atom. The molecule has 30 heavy (non-hydrogen) atoms.